The van der Waals surface area contributed by atoms with Crippen molar-refractivity contribution in [3.8, 4) is 0 Å². The number of imide groups is 1. The summed E-state index contributed by atoms with van der Waals surface area (Å²) in [5.41, 5.74) is 1.74. The third kappa shape index (κ3) is 2.24. The van der Waals surface area contributed by atoms with Crippen LogP contribution in [0.4, 0.5) is 5.69 Å². The Morgan fingerprint density at radius 1 is 1.15 bits per heavy atom. The summed E-state index contributed by atoms with van der Waals surface area (Å²) in [5, 5.41) is 8.89. The second kappa shape index (κ2) is 5.37. The summed E-state index contributed by atoms with van der Waals surface area (Å²) in [6, 6.07) is 7.56. The van der Waals surface area contributed by atoms with Crippen molar-refractivity contribution in [2.45, 2.75) is 32.1 Å². The molecule has 4 heteroatoms. The molecule has 106 valence electrons. The Bertz CT molecular complexity index is 518. The molecule has 2 atom stereocenters. The molecule has 20 heavy (non-hydrogen) atoms. The van der Waals surface area contributed by atoms with Crippen LogP contribution >= 0.6 is 0 Å². The molecule has 1 saturated carbocycles. The fourth-order valence-electron chi connectivity index (χ4n) is 3.29. The van der Waals surface area contributed by atoms with E-state index in [0.29, 0.717) is 12.1 Å². The molecule has 4 nitrogen and oxygen atoms in total. The lowest BCUT2D eigenvalue weighted by atomic mass is 9.96. The minimum Gasteiger partial charge on any atom is -0.396 e. The van der Waals surface area contributed by atoms with E-state index < -0.39 is 0 Å². The van der Waals surface area contributed by atoms with Crippen LogP contribution < -0.4 is 4.90 Å². The van der Waals surface area contributed by atoms with Gasteiger partial charge in [-0.15, -0.1) is 0 Å². The fourth-order valence-corrected chi connectivity index (χ4v) is 3.29. The minimum absolute atomic E-state index is 0.0267. The van der Waals surface area contributed by atoms with Gasteiger partial charge in [0.2, 0.25) is 11.8 Å². The van der Waals surface area contributed by atoms with E-state index in [-0.39, 0.29) is 30.3 Å². The third-order valence-corrected chi connectivity index (χ3v) is 4.36. The van der Waals surface area contributed by atoms with Crippen LogP contribution in [-0.2, 0) is 16.0 Å². The Balaban J connectivity index is 1.88. The lowest BCUT2D eigenvalue weighted by Gasteiger charge is -2.29. The molecule has 1 N–H and O–H groups in total. The van der Waals surface area contributed by atoms with Crippen LogP contribution in [0.15, 0.2) is 24.3 Å². The van der Waals surface area contributed by atoms with E-state index in [0.717, 1.165) is 31.2 Å². The summed E-state index contributed by atoms with van der Waals surface area (Å²) in [6.07, 6.45) is 3.87. The lowest BCUT2D eigenvalue weighted by molar-refractivity contribution is -0.132. The number of hydrogen-bond acceptors (Lipinski definition) is 3. The predicted octanol–water partition coefficient (Wildman–Crippen LogP) is 1.90. The number of aliphatic hydroxyl groups is 1. The number of anilines is 1. The van der Waals surface area contributed by atoms with Crippen LogP contribution in [0.1, 0.15) is 31.2 Å². The number of benzene rings is 1. The number of fused-ring (bicyclic) bond motifs is 2. The number of carbonyl (C=O) groups excluding carboxylic acids is 2. The maximum Gasteiger partial charge on any atom is 0.236 e. The van der Waals surface area contributed by atoms with Gasteiger partial charge in [0.15, 0.2) is 0 Å². The van der Waals surface area contributed by atoms with Crippen molar-refractivity contribution in [2.24, 2.45) is 11.8 Å². The normalized spacial score (nSPS) is 25.4. The van der Waals surface area contributed by atoms with E-state index in [4.69, 9.17) is 5.11 Å². The van der Waals surface area contributed by atoms with Crippen LogP contribution in [0.3, 0.4) is 0 Å². The zero-order chi connectivity index (χ0) is 14.1. The maximum atomic E-state index is 12.4. The quantitative estimate of drug-likeness (QED) is 0.852. The molecule has 0 spiro atoms. The first-order valence-electron chi connectivity index (χ1n) is 7.28. The average molecular weight is 273 g/mol. The molecule has 1 aliphatic heterocycles. The predicted molar refractivity (Wildman–Crippen MR) is 75.2 cm³/mol. The van der Waals surface area contributed by atoms with E-state index in [1.165, 1.54) is 4.90 Å². The van der Waals surface area contributed by atoms with Crippen molar-refractivity contribution < 1.29 is 14.7 Å². The smallest absolute Gasteiger partial charge is 0.236 e. The molecule has 1 aromatic carbocycles. The number of aliphatic hydroxyl groups excluding tert-OH is 1. The molecule has 2 aliphatic rings. The van der Waals surface area contributed by atoms with Gasteiger partial charge in [-0.25, -0.2) is 0 Å². The average Bonchev–Trinajstić information content (AvgIpc) is 2.91. The molecule has 2 fully saturated rings. The molecule has 3 rings (SSSR count). The van der Waals surface area contributed by atoms with Gasteiger partial charge in [-0.3, -0.25) is 14.5 Å². The molecule has 2 bridgehead atoms. The Kier molecular flexibility index (Phi) is 3.57. The van der Waals surface area contributed by atoms with Crippen LogP contribution in [0, 0.1) is 11.8 Å². The van der Waals surface area contributed by atoms with Crippen molar-refractivity contribution in [3.05, 3.63) is 29.8 Å². The summed E-state index contributed by atoms with van der Waals surface area (Å²) in [6.45, 7) is 0.149. The Labute approximate surface area is 118 Å². The van der Waals surface area contributed by atoms with Crippen LogP contribution in [0.25, 0.3) is 0 Å². The van der Waals surface area contributed by atoms with Crippen molar-refractivity contribution in [1.29, 1.82) is 0 Å². The van der Waals surface area contributed by atoms with Crippen LogP contribution in [0.5, 0.6) is 0 Å². The Morgan fingerprint density at radius 2 is 1.85 bits per heavy atom. The van der Waals surface area contributed by atoms with Gasteiger partial charge in [-0.1, -0.05) is 12.1 Å². The topological polar surface area (TPSA) is 57.6 Å². The van der Waals surface area contributed by atoms with Crippen molar-refractivity contribution in [2.75, 3.05) is 11.5 Å². The second-order valence-corrected chi connectivity index (χ2v) is 5.72. The monoisotopic (exact) mass is 273 g/mol. The van der Waals surface area contributed by atoms with Gasteiger partial charge in [-0.05, 0) is 49.8 Å². The fraction of sp³-hybridized carbons (Fsp3) is 0.500. The Morgan fingerprint density at radius 3 is 2.50 bits per heavy atom. The standard InChI is InChI=1S/C16H19NO3/c18-8-2-4-11-3-1-5-14(9-11)17-15(19)12-6-7-13(10-12)16(17)20/h1,3,5,9,12-13,18H,2,4,6-8,10H2. The lowest BCUT2D eigenvalue weighted by Crippen LogP contribution is -2.46. The first kappa shape index (κ1) is 13.3. The molecule has 2 amide bonds. The molecule has 0 radical (unpaired) electrons. The molecule has 1 aliphatic carbocycles. The SMILES string of the molecule is O=C1C2CCC(C2)C(=O)N1c1cccc(CCCO)c1. The highest BCUT2D eigenvalue weighted by Gasteiger charge is 2.45. The van der Waals surface area contributed by atoms with E-state index >= 15 is 0 Å². The summed E-state index contributed by atoms with van der Waals surface area (Å²) in [7, 11) is 0. The summed E-state index contributed by atoms with van der Waals surface area (Å²) < 4.78 is 0. The summed E-state index contributed by atoms with van der Waals surface area (Å²) in [4.78, 5) is 26.2. The molecule has 2 unspecified atom stereocenters. The molecule has 0 aromatic heterocycles. The zero-order valence-corrected chi connectivity index (χ0v) is 11.4. The van der Waals surface area contributed by atoms with Crippen LogP contribution in [0.2, 0.25) is 0 Å². The number of rotatable bonds is 4. The summed E-state index contributed by atoms with van der Waals surface area (Å²) in [5.74, 6) is -0.0243. The maximum absolute atomic E-state index is 12.4. The molecule has 1 heterocycles. The largest absolute Gasteiger partial charge is 0.396 e. The highest BCUT2D eigenvalue weighted by atomic mass is 16.3. The van der Waals surface area contributed by atoms with Gasteiger partial charge in [0.1, 0.15) is 0 Å². The highest BCUT2D eigenvalue weighted by molar-refractivity contribution is 6.18. The number of aryl methyl sites for hydroxylation is 1. The molecular formula is C16H19NO3. The summed E-state index contributed by atoms with van der Waals surface area (Å²) >= 11 is 0. The number of amides is 2. The minimum atomic E-state index is -0.0388. The number of piperidine rings is 1. The molecular weight excluding hydrogens is 254 g/mol. The third-order valence-electron chi connectivity index (χ3n) is 4.36. The van der Waals surface area contributed by atoms with Gasteiger partial charge in [0.25, 0.3) is 0 Å². The zero-order valence-electron chi connectivity index (χ0n) is 11.4. The Hall–Kier alpha value is -1.68. The van der Waals surface area contributed by atoms with E-state index in [2.05, 4.69) is 0 Å². The van der Waals surface area contributed by atoms with Crippen molar-refractivity contribution in [1.82, 2.24) is 0 Å². The van der Waals surface area contributed by atoms with Gasteiger partial charge in [0.05, 0.1) is 5.69 Å². The van der Waals surface area contributed by atoms with E-state index in [1.54, 1.807) is 0 Å². The first-order chi connectivity index (χ1) is 9.70. The number of hydrogen-bond donors (Lipinski definition) is 1. The van der Waals surface area contributed by atoms with Gasteiger partial charge >= 0.3 is 0 Å². The van der Waals surface area contributed by atoms with E-state index in [9.17, 15) is 9.59 Å². The van der Waals surface area contributed by atoms with Crippen molar-refractivity contribution in [3.63, 3.8) is 0 Å². The van der Waals surface area contributed by atoms with Gasteiger partial charge in [-0.2, -0.15) is 0 Å². The first-order valence-corrected chi connectivity index (χ1v) is 7.28. The number of nitrogens with zero attached hydrogens (tertiary/aromatic N) is 1. The van der Waals surface area contributed by atoms with Gasteiger partial charge in [0, 0.05) is 18.4 Å². The van der Waals surface area contributed by atoms with Crippen molar-refractivity contribution >= 4 is 17.5 Å². The van der Waals surface area contributed by atoms with E-state index in [1.807, 2.05) is 24.3 Å². The van der Waals surface area contributed by atoms with Gasteiger partial charge < -0.3 is 5.11 Å². The molecule has 1 aromatic rings. The second-order valence-electron chi connectivity index (χ2n) is 5.72. The van der Waals surface area contributed by atoms with Crippen LogP contribution in [-0.4, -0.2) is 23.5 Å². The number of carbonyl (C=O) groups is 2. The molecule has 1 saturated heterocycles. The highest BCUT2D eigenvalue weighted by Crippen LogP contribution is 2.40.